The van der Waals surface area contributed by atoms with E-state index in [1.165, 1.54) is 0 Å². The van der Waals surface area contributed by atoms with E-state index in [0.717, 1.165) is 11.1 Å². The van der Waals surface area contributed by atoms with Gasteiger partial charge in [-0.25, -0.2) is 0 Å². The van der Waals surface area contributed by atoms with E-state index >= 15 is 0 Å². The largest absolute Gasteiger partial charge is 0.480 e. The van der Waals surface area contributed by atoms with Gasteiger partial charge in [0.05, 0.1) is 0 Å². The van der Waals surface area contributed by atoms with E-state index in [-0.39, 0.29) is 11.8 Å². The molecule has 2 aromatic rings. The standard InChI is InChI=1S/C21H26N2O3/c1-5-18(26-19-13-8-7-10-14(19)3)21(25)23-17-12-9-11-16(15(17)4)22-20(24)6-2/h7-13,18H,5-6H2,1-4H3,(H,22,24)(H,23,25). The van der Waals surface area contributed by atoms with E-state index in [4.69, 9.17) is 4.74 Å². The summed E-state index contributed by atoms with van der Waals surface area (Å²) in [7, 11) is 0. The van der Waals surface area contributed by atoms with Crippen molar-refractivity contribution in [3.05, 3.63) is 53.6 Å². The summed E-state index contributed by atoms with van der Waals surface area (Å²) < 4.78 is 5.90. The van der Waals surface area contributed by atoms with E-state index in [2.05, 4.69) is 10.6 Å². The molecule has 0 heterocycles. The Labute approximate surface area is 154 Å². The van der Waals surface area contributed by atoms with Gasteiger partial charge < -0.3 is 15.4 Å². The maximum atomic E-state index is 12.7. The fourth-order valence-electron chi connectivity index (χ4n) is 2.52. The number of aryl methyl sites for hydroxylation is 1. The Balaban J connectivity index is 2.13. The van der Waals surface area contributed by atoms with Crippen LogP contribution in [0.25, 0.3) is 0 Å². The van der Waals surface area contributed by atoms with Gasteiger partial charge in [-0.1, -0.05) is 38.1 Å². The molecule has 0 radical (unpaired) electrons. The first-order chi connectivity index (χ1) is 12.5. The highest BCUT2D eigenvalue weighted by atomic mass is 16.5. The average Bonchev–Trinajstić information content (AvgIpc) is 2.64. The molecule has 0 saturated carbocycles. The number of hydrogen-bond donors (Lipinski definition) is 2. The SMILES string of the molecule is CCC(=O)Nc1cccc(NC(=O)C(CC)Oc2ccccc2C)c1C. The zero-order valence-corrected chi connectivity index (χ0v) is 15.8. The first-order valence-corrected chi connectivity index (χ1v) is 8.88. The Bertz CT molecular complexity index is 787. The second-order valence-corrected chi connectivity index (χ2v) is 6.15. The van der Waals surface area contributed by atoms with Crippen LogP contribution < -0.4 is 15.4 Å². The van der Waals surface area contributed by atoms with Gasteiger partial charge in [-0.3, -0.25) is 9.59 Å². The highest BCUT2D eigenvalue weighted by molar-refractivity contribution is 5.97. The maximum Gasteiger partial charge on any atom is 0.265 e. The predicted molar refractivity (Wildman–Crippen MR) is 105 cm³/mol. The molecule has 1 unspecified atom stereocenters. The third-order valence-corrected chi connectivity index (χ3v) is 4.21. The first-order valence-electron chi connectivity index (χ1n) is 8.88. The van der Waals surface area contributed by atoms with Crippen molar-refractivity contribution in [1.29, 1.82) is 0 Å². The van der Waals surface area contributed by atoms with E-state index in [0.29, 0.717) is 30.0 Å². The number of amides is 2. The molecule has 2 aromatic carbocycles. The molecule has 1 atom stereocenters. The van der Waals surface area contributed by atoms with Crippen molar-refractivity contribution in [1.82, 2.24) is 0 Å². The number of carbonyl (C=O) groups is 2. The Morgan fingerprint density at radius 3 is 2.23 bits per heavy atom. The predicted octanol–water partition coefficient (Wildman–Crippen LogP) is 4.45. The lowest BCUT2D eigenvalue weighted by molar-refractivity contribution is -0.122. The summed E-state index contributed by atoms with van der Waals surface area (Å²) in [6.45, 7) is 7.52. The van der Waals surface area contributed by atoms with Crippen molar-refractivity contribution < 1.29 is 14.3 Å². The molecule has 138 valence electrons. The van der Waals surface area contributed by atoms with Crippen LogP contribution in [-0.2, 0) is 9.59 Å². The molecule has 0 bridgehead atoms. The Morgan fingerprint density at radius 1 is 0.962 bits per heavy atom. The molecule has 5 heteroatoms. The van der Waals surface area contributed by atoms with Crippen LogP contribution in [0.15, 0.2) is 42.5 Å². The number of hydrogen-bond acceptors (Lipinski definition) is 3. The molecule has 2 amide bonds. The summed E-state index contributed by atoms with van der Waals surface area (Å²) in [4.78, 5) is 24.3. The number of ether oxygens (including phenoxy) is 1. The van der Waals surface area contributed by atoms with Crippen LogP contribution in [0, 0.1) is 13.8 Å². The molecular weight excluding hydrogens is 328 g/mol. The normalized spacial score (nSPS) is 11.5. The summed E-state index contributed by atoms with van der Waals surface area (Å²) >= 11 is 0. The highest BCUT2D eigenvalue weighted by Crippen LogP contribution is 2.25. The molecule has 26 heavy (non-hydrogen) atoms. The molecule has 2 rings (SSSR count). The Hall–Kier alpha value is -2.82. The minimum atomic E-state index is -0.593. The van der Waals surface area contributed by atoms with Crippen LogP contribution in [0.2, 0.25) is 0 Å². The van der Waals surface area contributed by atoms with E-state index in [1.54, 1.807) is 13.0 Å². The second kappa shape index (κ2) is 9.04. The lowest BCUT2D eigenvalue weighted by atomic mass is 10.1. The maximum absolute atomic E-state index is 12.7. The summed E-state index contributed by atoms with van der Waals surface area (Å²) in [5.74, 6) is 0.430. The minimum absolute atomic E-state index is 0.0640. The molecule has 0 spiro atoms. The number of anilines is 2. The van der Waals surface area contributed by atoms with Crippen molar-refractivity contribution in [3.8, 4) is 5.75 Å². The summed E-state index contributed by atoms with van der Waals surface area (Å²) in [6, 6.07) is 13.1. The second-order valence-electron chi connectivity index (χ2n) is 6.15. The van der Waals surface area contributed by atoms with Gasteiger partial charge in [-0.15, -0.1) is 0 Å². The van der Waals surface area contributed by atoms with E-state index in [1.807, 2.05) is 57.2 Å². The van der Waals surface area contributed by atoms with Gasteiger partial charge in [0.15, 0.2) is 6.10 Å². The van der Waals surface area contributed by atoms with Gasteiger partial charge in [-0.05, 0) is 49.6 Å². The molecule has 0 aliphatic rings. The number of benzene rings is 2. The smallest absolute Gasteiger partial charge is 0.265 e. The Morgan fingerprint density at radius 2 is 1.62 bits per heavy atom. The fourth-order valence-corrected chi connectivity index (χ4v) is 2.52. The van der Waals surface area contributed by atoms with E-state index in [9.17, 15) is 9.59 Å². The molecular formula is C21H26N2O3. The van der Waals surface area contributed by atoms with E-state index < -0.39 is 6.10 Å². The highest BCUT2D eigenvalue weighted by Gasteiger charge is 2.20. The molecule has 0 aliphatic carbocycles. The number of carbonyl (C=O) groups excluding carboxylic acids is 2. The van der Waals surface area contributed by atoms with Gasteiger partial charge in [0.1, 0.15) is 5.75 Å². The summed E-state index contributed by atoms with van der Waals surface area (Å²) in [6.07, 6.45) is 0.355. The summed E-state index contributed by atoms with van der Waals surface area (Å²) in [5, 5.41) is 5.76. The number of nitrogens with one attached hydrogen (secondary N) is 2. The van der Waals surface area contributed by atoms with Crippen molar-refractivity contribution in [2.45, 2.75) is 46.6 Å². The van der Waals surface area contributed by atoms with Crippen LogP contribution in [0.5, 0.6) is 5.75 Å². The lowest BCUT2D eigenvalue weighted by Crippen LogP contribution is -2.32. The number of rotatable bonds is 7. The number of para-hydroxylation sites is 1. The molecule has 0 fully saturated rings. The van der Waals surface area contributed by atoms with Crippen LogP contribution in [-0.4, -0.2) is 17.9 Å². The van der Waals surface area contributed by atoms with Gasteiger partial charge in [0, 0.05) is 17.8 Å². The van der Waals surface area contributed by atoms with Gasteiger partial charge >= 0.3 is 0 Å². The van der Waals surface area contributed by atoms with Crippen LogP contribution in [0.3, 0.4) is 0 Å². The van der Waals surface area contributed by atoms with Crippen molar-refractivity contribution >= 4 is 23.2 Å². The monoisotopic (exact) mass is 354 g/mol. The van der Waals surface area contributed by atoms with Gasteiger partial charge in [0.25, 0.3) is 5.91 Å². The van der Waals surface area contributed by atoms with Crippen LogP contribution >= 0.6 is 0 Å². The van der Waals surface area contributed by atoms with Crippen LogP contribution in [0.4, 0.5) is 11.4 Å². The minimum Gasteiger partial charge on any atom is -0.480 e. The zero-order valence-electron chi connectivity index (χ0n) is 15.8. The Kier molecular flexibility index (Phi) is 6.78. The average molecular weight is 354 g/mol. The molecule has 5 nitrogen and oxygen atoms in total. The molecule has 0 aliphatic heterocycles. The quantitative estimate of drug-likeness (QED) is 0.772. The van der Waals surface area contributed by atoms with Crippen molar-refractivity contribution in [2.24, 2.45) is 0 Å². The molecule has 2 N–H and O–H groups in total. The third-order valence-electron chi connectivity index (χ3n) is 4.21. The molecule has 0 aromatic heterocycles. The fraction of sp³-hybridized carbons (Fsp3) is 0.333. The van der Waals surface area contributed by atoms with Crippen LogP contribution in [0.1, 0.15) is 37.8 Å². The van der Waals surface area contributed by atoms with Crippen molar-refractivity contribution in [3.63, 3.8) is 0 Å². The van der Waals surface area contributed by atoms with Gasteiger partial charge in [-0.2, -0.15) is 0 Å². The topological polar surface area (TPSA) is 67.4 Å². The van der Waals surface area contributed by atoms with Gasteiger partial charge in [0.2, 0.25) is 5.91 Å². The first kappa shape index (κ1) is 19.5. The molecule has 0 saturated heterocycles. The van der Waals surface area contributed by atoms with Crippen molar-refractivity contribution in [2.75, 3.05) is 10.6 Å². The third kappa shape index (κ3) is 4.85. The zero-order chi connectivity index (χ0) is 19.1. The summed E-state index contributed by atoms with van der Waals surface area (Å²) in [5.41, 5.74) is 3.16. The lowest BCUT2D eigenvalue weighted by Gasteiger charge is -2.20.